The van der Waals surface area contributed by atoms with Gasteiger partial charge in [-0.25, -0.2) is 8.42 Å². The van der Waals surface area contributed by atoms with Crippen LogP contribution in [0, 0.1) is 5.92 Å². The Morgan fingerprint density at radius 3 is 2.38 bits per heavy atom. The lowest BCUT2D eigenvalue weighted by Crippen LogP contribution is -2.29. The average molecular weight is 325 g/mol. The Balaban J connectivity index is 2.14. The fraction of sp³-hybridized carbons (Fsp3) is 0.500. The summed E-state index contributed by atoms with van der Waals surface area (Å²) in [6.45, 7) is 0.401. The van der Waals surface area contributed by atoms with Gasteiger partial charge in [-0.3, -0.25) is 0 Å². The molecule has 1 heterocycles. The quantitative estimate of drug-likeness (QED) is 0.913. The minimum atomic E-state index is -4.82. The number of nitrogens with zero attached hydrogens (tertiary/aromatic N) is 1. The highest BCUT2D eigenvalue weighted by Crippen LogP contribution is 2.27. The molecule has 0 aromatic heterocycles. The molecule has 0 radical (unpaired) electrons. The van der Waals surface area contributed by atoms with Crippen LogP contribution in [0.4, 0.5) is 13.2 Å². The van der Waals surface area contributed by atoms with Gasteiger partial charge >= 0.3 is 6.36 Å². The fourth-order valence-corrected chi connectivity index (χ4v) is 3.66. The van der Waals surface area contributed by atoms with Gasteiger partial charge in [-0.05, 0) is 36.6 Å². The third-order valence-corrected chi connectivity index (χ3v) is 5.08. The normalized spacial score (nSPS) is 20.7. The highest BCUT2D eigenvalue weighted by atomic mass is 32.2. The molecule has 9 heteroatoms. The lowest BCUT2D eigenvalue weighted by Gasteiger charge is -2.16. The second-order valence-corrected chi connectivity index (χ2v) is 6.66. The topological polar surface area (TPSA) is 66.8 Å². The first-order valence-electron chi connectivity index (χ1n) is 6.19. The molecule has 2 rings (SSSR count). The lowest BCUT2D eigenvalue weighted by molar-refractivity contribution is -0.274. The number of aliphatic hydroxyl groups excluding tert-OH is 1. The summed E-state index contributed by atoms with van der Waals surface area (Å²) in [4.78, 5) is -0.101. The molecule has 1 aliphatic heterocycles. The molecule has 1 aliphatic rings. The number of sulfonamides is 1. The van der Waals surface area contributed by atoms with E-state index in [0.717, 1.165) is 24.3 Å². The molecular formula is C12H14F3NO4S. The van der Waals surface area contributed by atoms with Gasteiger partial charge in [-0.1, -0.05) is 0 Å². The Labute approximate surface area is 120 Å². The highest BCUT2D eigenvalue weighted by molar-refractivity contribution is 7.89. The van der Waals surface area contributed by atoms with E-state index in [-0.39, 0.29) is 30.5 Å². The molecule has 0 bridgehead atoms. The van der Waals surface area contributed by atoms with E-state index in [1.54, 1.807) is 0 Å². The van der Waals surface area contributed by atoms with Gasteiger partial charge < -0.3 is 9.84 Å². The van der Waals surface area contributed by atoms with Crippen LogP contribution in [0.15, 0.2) is 29.2 Å². The zero-order valence-corrected chi connectivity index (χ0v) is 11.7. The van der Waals surface area contributed by atoms with Crippen molar-refractivity contribution in [3.05, 3.63) is 24.3 Å². The first-order valence-corrected chi connectivity index (χ1v) is 7.63. The van der Waals surface area contributed by atoms with Crippen molar-refractivity contribution in [2.24, 2.45) is 5.92 Å². The van der Waals surface area contributed by atoms with Crippen LogP contribution in [0.2, 0.25) is 0 Å². The van der Waals surface area contributed by atoms with E-state index in [1.807, 2.05) is 0 Å². The minimum Gasteiger partial charge on any atom is -0.406 e. The Bertz CT molecular complexity index is 586. The van der Waals surface area contributed by atoms with Gasteiger partial charge in [0.15, 0.2) is 0 Å². The van der Waals surface area contributed by atoms with Crippen LogP contribution in [0.5, 0.6) is 5.75 Å². The van der Waals surface area contributed by atoms with E-state index in [2.05, 4.69) is 4.74 Å². The number of benzene rings is 1. The monoisotopic (exact) mass is 325 g/mol. The number of ether oxygens (including phenoxy) is 1. The number of hydrogen-bond donors (Lipinski definition) is 1. The summed E-state index contributed by atoms with van der Waals surface area (Å²) in [6, 6.07) is 4.06. The Kier molecular flexibility index (Phi) is 4.45. The molecule has 0 saturated carbocycles. The van der Waals surface area contributed by atoms with E-state index in [1.165, 1.54) is 4.31 Å². The highest BCUT2D eigenvalue weighted by Gasteiger charge is 2.33. The molecule has 1 fully saturated rings. The van der Waals surface area contributed by atoms with Gasteiger partial charge in [0.25, 0.3) is 0 Å². The third-order valence-electron chi connectivity index (χ3n) is 3.20. The summed E-state index contributed by atoms with van der Waals surface area (Å²) in [5, 5.41) is 9.02. The molecular weight excluding hydrogens is 311 g/mol. The first kappa shape index (κ1) is 16.1. The molecule has 21 heavy (non-hydrogen) atoms. The summed E-state index contributed by atoms with van der Waals surface area (Å²) in [5.74, 6) is -0.580. The number of halogens is 3. The standard InChI is InChI=1S/C12H14F3NO4S/c13-12(14,15)20-10-1-3-11(4-2-10)21(18,19)16-6-5-9(7-16)8-17/h1-4,9,17H,5-8H2. The van der Waals surface area contributed by atoms with Crippen molar-refractivity contribution in [2.75, 3.05) is 19.7 Å². The summed E-state index contributed by atoms with van der Waals surface area (Å²) >= 11 is 0. The predicted octanol–water partition coefficient (Wildman–Crippen LogP) is 1.59. The molecule has 1 atom stereocenters. The van der Waals surface area contributed by atoms with Gasteiger partial charge in [-0.2, -0.15) is 4.31 Å². The number of aliphatic hydroxyl groups is 1. The van der Waals surface area contributed by atoms with Crippen LogP contribution in [0.1, 0.15) is 6.42 Å². The Morgan fingerprint density at radius 1 is 1.29 bits per heavy atom. The van der Waals surface area contributed by atoms with Crippen molar-refractivity contribution in [3.63, 3.8) is 0 Å². The van der Waals surface area contributed by atoms with Crippen LogP contribution in [0.3, 0.4) is 0 Å². The van der Waals surface area contributed by atoms with Gasteiger partial charge in [0.05, 0.1) is 4.90 Å². The van der Waals surface area contributed by atoms with Gasteiger partial charge in [-0.15, -0.1) is 13.2 Å². The smallest absolute Gasteiger partial charge is 0.406 e. The molecule has 0 amide bonds. The van der Waals surface area contributed by atoms with Crippen LogP contribution in [-0.2, 0) is 10.0 Å². The number of rotatable bonds is 4. The summed E-state index contributed by atoms with van der Waals surface area (Å²) in [6.07, 6.45) is -4.26. The molecule has 5 nitrogen and oxygen atoms in total. The largest absolute Gasteiger partial charge is 0.573 e. The van der Waals surface area contributed by atoms with E-state index in [9.17, 15) is 21.6 Å². The van der Waals surface area contributed by atoms with Gasteiger partial charge in [0.2, 0.25) is 10.0 Å². The zero-order chi connectivity index (χ0) is 15.7. The van der Waals surface area contributed by atoms with E-state index in [0.29, 0.717) is 6.42 Å². The van der Waals surface area contributed by atoms with Crippen LogP contribution < -0.4 is 4.74 Å². The van der Waals surface area contributed by atoms with E-state index in [4.69, 9.17) is 5.11 Å². The lowest BCUT2D eigenvalue weighted by atomic mass is 10.1. The molecule has 118 valence electrons. The number of alkyl halides is 3. The second kappa shape index (κ2) is 5.82. The maximum Gasteiger partial charge on any atom is 0.573 e. The molecule has 1 N–H and O–H groups in total. The fourth-order valence-electron chi connectivity index (χ4n) is 2.13. The maximum atomic E-state index is 12.3. The van der Waals surface area contributed by atoms with E-state index >= 15 is 0 Å². The summed E-state index contributed by atoms with van der Waals surface area (Å²) < 4.78 is 65.5. The van der Waals surface area contributed by atoms with Gasteiger partial charge in [0, 0.05) is 19.7 Å². The Morgan fingerprint density at radius 2 is 1.90 bits per heavy atom. The second-order valence-electron chi connectivity index (χ2n) is 4.72. The first-order chi connectivity index (χ1) is 9.72. The van der Waals surface area contributed by atoms with Crippen LogP contribution >= 0.6 is 0 Å². The van der Waals surface area contributed by atoms with E-state index < -0.39 is 22.1 Å². The Hall–Kier alpha value is -1.32. The average Bonchev–Trinajstić information content (AvgIpc) is 2.87. The van der Waals surface area contributed by atoms with Crippen LogP contribution in [-0.4, -0.2) is 43.9 Å². The summed E-state index contributed by atoms with van der Waals surface area (Å²) in [5.41, 5.74) is 0. The zero-order valence-electron chi connectivity index (χ0n) is 10.9. The molecule has 0 aliphatic carbocycles. The van der Waals surface area contributed by atoms with Crippen LogP contribution in [0.25, 0.3) is 0 Å². The maximum absolute atomic E-state index is 12.3. The van der Waals surface area contributed by atoms with Gasteiger partial charge in [0.1, 0.15) is 5.75 Å². The van der Waals surface area contributed by atoms with Crippen molar-refractivity contribution in [1.29, 1.82) is 0 Å². The van der Waals surface area contributed by atoms with Crippen molar-refractivity contribution in [1.82, 2.24) is 4.31 Å². The molecule has 1 saturated heterocycles. The van der Waals surface area contributed by atoms with Crippen molar-refractivity contribution >= 4 is 10.0 Å². The third kappa shape index (κ3) is 3.86. The summed E-state index contributed by atoms with van der Waals surface area (Å²) in [7, 11) is -3.76. The SMILES string of the molecule is O=S(=O)(c1ccc(OC(F)(F)F)cc1)N1CCC(CO)C1. The molecule has 0 spiro atoms. The minimum absolute atomic E-state index is 0.0929. The molecule has 1 aromatic rings. The van der Waals surface area contributed by atoms with Crippen molar-refractivity contribution < 1.29 is 31.4 Å². The van der Waals surface area contributed by atoms with Crippen molar-refractivity contribution in [3.8, 4) is 5.75 Å². The number of hydrogen-bond acceptors (Lipinski definition) is 4. The molecule has 1 aromatic carbocycles. The van der Waals surface area contributed by atoms with Crippen molar-refractivity contribution in [2.45, 2.75) is 17.7 Å². The molecule has 1 unspecified atom stereocenters. The predicted molar refractivity (Wildman–Crippen MR) is 67.1 cm³/mol.